The van der Waals surface area contributed by atoms with Gasteiger partial charge in [0.05, 0.1) is 23.4 Å². The van der Waals surface area contributed by atoms with E-state index < -0.39 is 23.5 Å². The Bertz CT molecular complexity index is 1140. The fourth-order valence-corrected chi connectivity index (χ4v) is 4.98. The number of benzene rings is 1. The number of Topliss-reactive ketones (excluding diaryl/α,β-unsaturated/α-hetero) is 1. The van der Waals surface area contributed by atoms with Crippen molar-refractivity contribution in [2.75, 3.05) is 10.1 Å². The molecule has 0 radical (unpaired) electrons. The van der Waals surface area contributed by atoms with Gasteiger partial charge in [0.1, 0.15) is 23.6 Å². The summed E-state index contributed by atoms with van der Waals surface area (Å²) >= 11 is 1.41. The lowest BCUT2D eigenvalue weighted by atomic mass is 9.91. The molecule has 0 aliphatic carbocycles. The Morgan fingerprint density at radius 1 is 1.23 bits per heavy atom. The minimum atomic E-state index is -0.708. The number of H-pyrrole nitrogens is 1. The smallest absolute Gasteiger partial charge is 0.356 e. The molecule has 0 bridgehead atoms. The summed E-state index contributed by atoms with van der Waals surface area (Å²) < 4.78 is 7.34. The molecule has 31 heavy (non-hydrogen) atoms. The Morgan fingerprint density at radius 3 is 2.68 bits per heavy atom. The van der Waals surface area contributed by atoms with Gasteiger partial charge in [0.25, 0.3) is 0 Å². The summed E-state index contributed by atoms with van der Waals surface area (Å²) in [5.41, 5.74) is 1.11. The number of hydrogen-bond donors (Lipinski definition) is 1. The Labute approximate surface area is 184 Å². The molecule has 3 aromatic rings. The van der Waals surface area contributed by atoms with Gasteiger partial charge in [-0.15, -0.1) is 0 Å². The monoisotopic (exact) mass is 437 g/mol. The maximum Gasteiger partial charge on any atom is 0.356 e. The second-order valence-corrected chi connectivity index (χ2v) is 9.34. The predicted molar refractivity (Wildman–Crippen MR) is 120 cm³/mol. The van der Waals surface area contributed by atoms with Gasteiger partial charge in [-0.25, -0.2) is 4.79 Å². The maximum atomic E-state index is 13.7. The van der Waals surface area contributed by atoms with Crippen LogP contribution in [0.25, 0.3) is 10.9 Å². The van der Waals surface area contributed by atoms with E-state index in [1.807, 2.05) is 28.6 Å². The zero-order valence-corrected chi connectivity index (χ0v) is 18.3. The number of ketones is 1. The second kappa shape index (κ2) is 8.19. The van der Waals surface area contributed by atoms with Gasteiger partial charge in [-0.3, -0.25) is 9.78 Å². The van der Waals surface area contributed by atoms with E-state index in [-0.39, 0.29) is 17.0 Å². The number of aromatic nitrogens is 2. The van der Waals surface area contributed by atoms with Crippen LogP contribution in [0.4, 0.5) is 5.69 Å². The number of nitrogens with one attached hydrogen (secondary N) is 1. The molecule has 1 aliphatic rings. The fraction of sp³-hybridized carbons (Fsp3) is 0.304. The van der Waals surface area contributed by atoms with Crippen molar-refractivity contribution in [1.29, 1.82) is 0 Å². The number of esters is 1. The average Bonchev–Trinajstić information content (AvgIpc) is 3.34. The van der Waals surface area contributed by atoms with Crippen molar-refractivity contribution in [3.05, 3.63) is 60.0 Å². The Balaban J connectivity index is 1.74. The third-order valence-corrected chi connectivity index (χ3v) is 6.25. The lowest BCUT2D eigenvalue weighted by Gasteiger charge is -2.23. The molecule has 1 aliphatic heterocycles. The Hall–Kier alpha value is -3.13. The maximum absolute atomic E-state index is 13.7. The predicted octanol–water partition coefficient (Wildman–Crippen LogP) is 4.05. The standard InChI is InChI=1S/C23H23N3O4S/c1-23(2,3)30-22(29)20-19(15-8-4-5-9-17(15)25-20)21(28)16-13-31-26(18(16)12-27)14-7-6-10-24-11-14/h4-12,16,18,25H,13H2,1-3H3. The zero-order chi connectivity index (χ0) is 22.2. The van der Waals surface area contributed by atoms with Crippen molar-refractivity contribution in [2.45, 2.75) is 32.4 Å². The molecule has 4 rings (SSSR count). The number of rotatable bonds is 5. The summed E-state index contributed by atoms with van der Waals surface area (Å²) in [6, 6.07) is 10.2. The quantitative estimate of drug-likeness (QED) is 0.279. The van der Waals surface area contributed by atoms with E-state index in [9.17, 15) is 14.4 Å². The Kier molecular flexibility index (Phi) is 5.58. The van der Waals surface area contributed by atoms with E-state index in [0.717, 1.165) is 12.0 Å². The third-order valence-electron chi connectivity index (χ3n) is 5.01. The van der Waals surface area contributed by atoms with Gasteiger partial charge < -0.3 is 18.8 Å². The number of anilines is 1. The molecule has 1 aromatic carbocycles. The van der Waals surface area contributed by atoms with E-state index >= 15 is 0 Å². The molecule has 3 heterocycles. The van der Waals surface area contributed by atoms with Gasteiger partial charge in [0, 0.05) is 22.9 Å². The number of nitrogens with zero attached hydrogens (tertiary/aromatic N) is 2. The van der Waals surface area contributed by atoms with E-state index in [2.05, 4.69) is 9.97 Å². The lowest BCUT2D eigenvalue weighted by molar-refractivity contribution is -0.109. The summed E-state index contributed by atoms with van der Waals surface area (Å²) in [6.45, 7) is 5.32. The third kappa shape index (κ3) is 4.07. The van der Waals surface area contributed by atoms with Gasteiger partial charge >= 0.3 is 5.97 Å². The molecule has 2 atom stereocenters. The van der Waals surface area contributed by atoms with Crippen molar-refractivity contribution in [1.82, 2.24) is 9.97 Å². The summed E-state index contributed by atoms with van der Waals surface area (Å²) in [4.78, 5) is 45.8. The first-order valence-electron chi connectivity index (χ1n) is 9.96. The van der Waals surface area contributed by atoms with Crippen molar-refractivity contribution < 1.29 is 19.1 Å². The van der Waals surface area contributed by atoms with Crippen LogP contribution in [0.15, 0.2) is 48.8 Å². The van der Waals surface area contributed by atoms with Gasteiger partial charge in [0.2, 0.25) is 0 Å². The number of aromatic amines is 1. The number of carbonyl (C=O) groups is 3. The van der Waals surface area contributed by atoms with Crippen LogP contribution in [0.2, 0.25) is 0 Å². The highest BCUT2D eigenvalue weighted by molar-refractivity contribution is 8.01. The van der Waals surface area contributed by atoms with E-state index in [1.54, 1.807) is 45.3 Å². The number of hydrogen-bond acceptors (Lipinski definition) is 7. The topological polar surface area (TPSA) is 92.4 Å². The van der Waals surface area contributed by atoms with Crippen LogP contribution >= 0.6 is 11.9 Å². The average molecular weight is 438 g/mol. The first kappa shape index (κ1) is 21.1. The number of carbonyl (C=O) groups excluding carboxylic acids is 3. The highest BCUT2D eigenvalue weighted by atomic mass is 32.2. The van der Waals surface area contributed by atoms with Crippen molar-refractivity contribution >= 4 is 46.6 Å². The van der Waals surface area contributed by atoms with Crippen LogP contribution in [0.5, 0.6) is 0 Å². The molecule has 7 nitrogen and oxygen atoms in total. The number of pyridine rings is 1. The van der Waals surface area contributed by atoms with Crippen LogP contribution in [0.1, 0.15) is 41.6 Å². The van der Waals surface area contributed by atoms with Crippen LogP contribution in [0.3, 0.4) is 0 Å². The summed E-state index contributed by atoms with van der Waals surface area (Å²) in [7, 11) is 0. The van der Waals surface area contributed by atoms with Crippen LogP contribution < -0.4 is 4.31 Å². The first-order valence-corrected chi connectivity index (χ1v) is 10.9. The number of aldehydes is 1. The number of para-hydroxylation sites is 1. The van der Waals surface area contributed by atoms with Crippen molar-refractivity contribution in [3.8, 4) is 0 Å². The molecule has 0 spiro atoms. The van der Waals surface area contributed by atoms with Crippen molar-refractivity contribution in [2.24, 2.45) is 5.92 Å². The molecule has 0 amide bonds. The molecular weight excluding hydrogens is 414 g/mol. The normalized spacial score (nSPS) is 18.9. The molecule has 2 aromatic heterocycles. The van der Waals surface area contributed by atoms with Gasteiger partial charge in [-0.05, 0) is 50.9 Å². The highest BCUT2D eigenvalue weighted by Crippen LogP contribution is 2.39. The summed E-state index contributed by atoms with van der Waals surface area (Å²) in [5.74, 6) is -1.04. The largest absolute Gasteiger partial charge is 0.455 e. The second-order valence-electron chi connectivity index (χ2n) is 8.35. The van der Waals surface area contributed by atoms with Crippen LogP contribution in [-0.4, -0.2) is 45.4 Å². The number of ether oxygens (including phenoxy) is 1. The molecule has 1 fully saturated rings. The van der Waals surface area contributed by atoms with Gasteiger partial charge in [-0.2, -0.15) is 0 Å². The first-order chi connectivity index (χ1) is 14.8. The van der Waals surface area contributed by atoms with E-state index in [1.165, 1.54) is 11.9 Å². The van der Waals surface area contributed by atoms with E-state index in [0.29, 0.717) is 16.7 Å². The van der Waals surface area contributed by atoms with Crippen molar-refractivity contribution in [3.63, 3.8) is 0 Å². The molecule has 0 saturated carbocycles. The van der Waals surface area contributed by atoms with E-state index in [4.69, 9.17) is 4.74 Å². The zero-order valence-electron chi connectivity index (χ0n) is 17.5. The molecule has 8 heteroatoms. The molecule has 160 valence electrons. The molecule has 2 unspecified atom stereocenters. The molecule has 1 saturated heterocycles. The minimum Gasteiger partial charge on any atom is -0.455 e. The van der Waals surface area contributed by atoms with Crippen LogP contribution in [0, 0.1) is 5.92 Å². The van der Waals surface area contributed by atoms with Gasteiger partial charge in [0.15, 0.2) is 5.78 Å². The minimum absolute atomic E-state index is 0.121. The van der Waals surface area contributed by atoms with Crippen LogP contribution in [-0.2, 0) is 9.53 Å². The fourth-order valence-electron chi connectivity index (χ4n) is 3.69. The SMILES string of the molecule is CC(C)(C)OC(=O)c1[nH]c2ccccc2c1C(=O)C1CSN(c2cccnc2)C1C=O. The number of fused-ring (bicyclic) bond motifs is 1. The summed E-state index contributed by atoms with van der Waals surface area (Å²) in [5, 5.41) is 0.642. The summed E-state index contributed by atoms with van der Waals surface area (Å²) in [6.07, 6.45) is 4.10. The Morgan fingerprint density at radius 2 is 2.00 bits per heavy atom. The molecular formula is C23H23N3O4S. The van der Waals surface area contributed by atoms with Gasteiger partial charge in [-0.1, -0.05) is 18.2 Å². The highest BCUT2D eigenvalue weighted by Gasteiger charge is 2.42. The molecule has 1 N–H and O–H groups in total. The lowest BCUT2D eigenvalue weighted by Crippen LogP contribution is -2.36.